The number of aliphatic carboxylic acids is 1. The first-order chi connectivity index (χ1) is 15.6. The van der Waals surface area contributed by atoms with Gasteiger partial charge < -0.3 is 15.2 Å². The van der Waals surface area contributed by atoms with Crippen LogP contribution < -0.4 is 5.32 Å². The van der Waals surface area contributed by atoms with Crippen LogP contribution in [0, 0.1) is 11.3 Å². The number of carboxylic acids is 1. The van der Waals surface area contributed by atoms with Gasteiger partial charge in [0.25, 0.3) is 0 Å². The zero-order valence-corrected chi connectivity index (χ0v) is 17.3. The predicted molar refractivity (Wildman–Crippen MR) is 119 cm³/mol. The van der Waals surface area contributed by atoms with Gasteiger partial charge in [-0.05, 0) is 52.8 Å². The van der Waals surface area contributed by atoms with Crippen LogP contribution in [0.15, 0.2) is 72.8 Å². The minimum atomic E-state index is -1.12. The fourth-order valence-corrected chi connectivity index (χ4v) is 4.10. The summed E-state index contributed by atoms with van der Waals surface area (Å²) in [5.41, 5.74) is 5.88. The third kappa shape index (κ3) is 4.47. The average Bonchev–Trinajstić information content (AvgIpc) is 3.14. The summed E-state index contributed by atoms with van der Waals surface area (Å²) >= 11 is 0. The van der Waals surface area contributed by atoms with Crippen LogP contribution in [0.5, 0.6) is 0 Å². The molecule has 160 valence electrons. The van der Waals surface area contributed by atoms with E-state index >= 15 is 0 Å². The number of nitrogens with one attached hydrogen (secondary N) is 1. The zero-order valence-electron chi connectivity index (χ0n) is 17.3. The van der Waals surface area contributed by atoms with Gasteiger partial charge in [0, 0.05) is 5.92 Å². The smallest absolute Gasteiger partial charge is 0.407 e. The van der Waals surface area contributed by atoms with E-state index in [9.17, 15) is 14.7 Å². The molecule has 0 radical (unpaired) electrons. The maximum absolute atomic E-state index is 12.4. The lowest BCUT2D eigenvalue weighted by atomic mass is 9.98. The van der Waals surface area contributed by atoms with Crippen molar-refractivity contribution in [2.24, 2.45) is 0 Å². The van der Waals surface area contributed by atoms with Gasteiger partial charge in [-0.15, -0.1) is 0 Å². The molecule has 1 aliphatic carbocycles. The Kier molecular flexibility index (Phi) is 6.18. The van der Waals surface area contributed by atoms with Crippen LogP contribution in [-0.4, -0.2) is 29.8 Å². The average molecular weight is 426 g/mol. The number of ether oxygens (including phenoxy) is 1. The van der Waals surface area contributed by atoms with E-state index in [4.69, 9.17) is 10.00 Å². The Balaban J connectivity index is 1.37. The molecule has 6 nitrogen and oxygen atoms in total. The van der Waals surface area contributed by atoms with Crippen molar-refractivity contribution in [2.75, 3.05) is 6.61 Å². The number of rotatable bonds is 7. The molecule has 1 atom stereocenters. The first kappa shape index (κ1) is 21.1. The van der Waals surface area contributed by atoms with E-state index in [1.165, 1.54) is 0 Å². The summed E-state index contributed by atoms with van der Waals surface area (Å²) in [7, 11) is 0. The molecule has 0 aliphatic heterocycles. The van der Waals surface area contributed by atoms with E-state index < -0.39 is 18.1 Å². The first-order valence-electron chi connectivity index (χ1n) is 10.4. The molecule has 3 aromatic rings. The SMILES string of the molecule is N#Cc1ccc(CC[C@H](NC(=O)OCC2c3ccccc3-c3ccccc32)C(=O)O)cc1. The molecule has 0 spiro atoms. The monoisotopic (exact) mass is 426 g/mol. The normalized spacial score (nSPS) is 12.8. The molecule has 1 aliphatic rings. The van der Waals surface area contributed by atoms with Crippen molar-refractivity contribution in [3.8, 4) is 17.2 Å². The van der Waals surface area contributed by atoms with Crippen molar-refractivity contribution in [1.29, 1.82) is 5.26 Å². The Morgan fingerprint density at radius 3 is 2.12 bits per heavy atom. The van der Waals surface area contributed by atoms with Crippen molar-refractivity contribution in [2.45, 2.75) is 24.8 Å². The number of carbonyl (C=O) groups excluding carboxylic acids is 1. The van der Waals surface area contributed by atoms with Crippen LogP contribution in [0.3, 0.4) is 0 Å². The van der Waals surface area contributed by atoms with Crippen LogP contribution in [-0.2, 0) is 16.0 Å². The van der Waals surface area contributed by atoms with Gasteiger partial charge in [0.15, 0.2) is 0 Å². The number of hydrogen-bond donors (Lipinski definition) is 2. The number of fused-ring (bicyclic) bond motifs is 3. The van der Waals surface area contributed by atoms with Crippen LogP contribution in [0.1, 0.15) is 34.6 Å². The molecule has 6 heteroatoms. The molecule has 0 aromatic heterocycles. The molecule has 4 rings (SSSR count). The van der Waals surface area contributed by atoms with Gasteiger partial charge >= 0.3 is 12.1 Å². The number of amides is 1. The summed E-state index contributed by atoms with van der Waals surface area (Å²) in [6.07, 6.45) is -0.0864. The number of alkyl carbamates (subject to hydrolysis) is 1. The quantitative estimate of drug-likeness (QED) is 0.580. The summed E-state index contributed by atoms with van der Waals surface area (Å²) in [5.74, 6) is -1.21. The van der Waals surface area contributed by atoms with Crippen molar-refractivity contribution in [1.82, 2.24) is 5.32 Å². The Morgan fingerprint density at radius 2 is 1.56 bits per heavy atom. The summed E-state index contributed by atoms with van der Waals surface area (Å²) in [5, 5.41) is 20.8. The Labute approximate surface area is 186 Å². The highest BCUT2D eigenvalue weighted by molar-refractivity contribution is 5.81. The topological polar surface area (TPSA) is 99.4 Å². The molecule has 0 bridgehead atoms. The fraction of sp³-hybridized carbons (Fsp3) is 0.192. The number of carbonyl (C=O) groups is 2. The highest BCUT2D eigenvalue weighted by Crippen LogP contribution is 2.44. The lowest BCUT2D eigenvalue weighted by Crippen LogP contribution is -2.41. The molecule has 3 aromatic carbocycles. The molecule has 0 heterocycles. The minimum Gasteiger partial charge on any atom is -0.480 e. The van der Waals surface area contributed by atoms with Crippen LogP contribution in [0.2, 0.25) is 0 Å². The largest absolute Gasteiger partial charge is 0.480 e. The van der Waals surface area contributed by atoms with E-state index in [1.807, 2.05) is 42.5 Å². The Hall–Kier alpha value is -4.11. The summed E-state index contributed by atoms with van der Waals surface area (Å²) in [6, 6.07) is 24.0. The van der Waals surface area contributed by atoms with Crippen molar-refractivity contribution in [3.63, 3.8) is 0 Å². The van der Waals surface area contributed by atoms with E-state index in [0.717, 1.165) is 27.8 Å². The van der Waals surface area contributed by atoms with Gasteiger partial charge in [-0.2, -0.15) is 5.26 Å². The lowest BCUT2D eigenvalue weighted by Gasteiger charge is -2.17. The molecule has 0 saturated carbocycles. The van der Waals surface area contributed by atoms with Crippen molar-refractivity contribution >= 4 is 12.1 Å². The Morgan fingerprint density at radius 1 is 0.969 bits per heavy atom. The van der Waals surface area contributed by atoms with E-state index in [2.05, 4.69) is 17.4 Å². The molecule has 2 N–H and O–H groups in total. The molecule has 32 heavy (non-hydrogen) atoms. The van der Waals surface area contributed by atoms with Gasteiger partial charge in [0.2, 0.25) is 0 Å². The van der Waals surface area contributed by atoms with Crippen molar-refractivity contribution in [3.05, 3.63) is 95.1 Å². The standard InChI is InChI=1S/C26H22N2O4/c27-15-18-11-9-17(10-12-18)13-14-24(25(29)30)28-26(31)32-16-23-21-7-3-1-5-19(21)20-6-2-4-8-22(20)23/h1-12,23-24H,13-14,16H2,(H,28,31)(H,29,30)/t24-/m0/s1. The van der Waals surface area contributed by atoms with E-state index in [0.29, 0.717) is 12.0 Å². The van der Waals surface area contributed by atoms with Gasteiger partial charge in [-0.1, -0.05) is 60.7 Å². The molecular formula is C26H22N2O4. The van der Waals surface area contributed by atoms with E-state index in [-0.39, 0.29) is 18.9 Å². The second-order valence-corrected chi connectivity index (χ2v) is 7.71. The molecular weight excluding hydrogens is 404 g/mol. The predicted octanol–water partition coefficient (Wildman–Crippen LogP) is 4.48. The molecule has 0 unspecified atom stereocenters. The zero-order chi connectivity index (χ0) is 22.5. The van der Waals surface area contributed by atoms with Gasteiger partial charge in [-0.3, -0.25) is 0 Å². The number of aryl methyl sites for hydroxylation is 1. The fourth-order valence-electron chi connectivity index (χ4n) is 4.10. The number of nitrogens with zero attached hydrogens (tertiary/aromatic N) is 1. The second kappa shape index (κ2) is 9.36. The van der Waals surface area contributed by atoms with Crippen molar-refractivity contribution < 1.29 is 19.4 Å². The lowest BCUT2D eigenvalue weighted by molar-refractivity contribution is -0.139. The van der Waals surface area contributed by atoms with Gasteiger partial charge in [0.05, 0.1) is 11.6 Å². The summed E-state index contributed by atoms with van der Waals surface area (Å²) in [6.45, 7) is 0.127. The minimum absolute atomic E-state index is 0.0879. The summed E-state index contributed by atoms with van der Waals surface area (Å²) < 4.78 is 5.45. The third-order valence-corrected chi connectivity index (χ3v) is 5.74. The molecule has 0 fully saturated rings. The summed E-state index contributed by atoms with van der Waals surface area (Å²) in [4.78, 5) is 24.0. The highest BCUT2D eigenvalue weighted by Gasteiger charge is 2.29. The number of nitriles is 1. The van der Waals surface area contributed by atoms with Crippen LogP contribution in [0.4, 0.5) is 4.79 Å². The van der Waals surface area contributed by atoms with Gasteiger partial charge in [-0.25, -0.2) is 9.59 Å². The number of benzene rings is 3. The van der Waals surface area contributed by atoms with Crippen LogP contribution >= 0.6 is 0 Å². The molecule has 0 saturated heterocycles. The second-order valence-electron chi connectivity index (χ2n) is 7.71. The van der Waals surface area contributed by atoms with E-state index in [1.54, 1.807) is 24.3 Å². The number of hydrogen-bond acceptors (Lipinski definition) is 4. The maximum atomic E-state index is 12.4. The first-order valence-corrected chi connectivity index (χ1v) is 10.4. The molecule has 1 amide bonds. The van der Waals surface area contributed by atoms with Crippen LogP contribution in [0.25, 0.3) is 11.1 Å². The third-order valence-electron chi connectivity index (χ3n) is 5.74. The number of carboxylic acid groups (broad SMARTS) is 1. The maximum Gasteiger partial charge on any atom is 0.407 e. The van der Waals surface area contributed by atoms with Gasteiger partial charge in [0.1, 0.15) is 12.6 Å². The Bertz CT molecular complexity index is 1140. The highest BCUT2D eigenvalue weighted by atomic mass is 16.5.